The van der Waals surface area contributed by atoms with E-state index in [2.05, 4.69) is 13.8 Å². The Morgan fingerprint density at radius 3 is 1.29 bits per heavy atom. The first-order chi connectivity index (χ1) is 3.15. The maximum absolute atomic E-state index is 9.56. The third-order valence-corrected chi connectivity index (χ3v) is 0. The predicted octanol–water partition coefficient (Wildman–Crippen LogP) is 1.41. The minimum absolute atomic E-state index is 0.611. The van der Waals surface area contributed by atoms with Gasteiger partial charge in [-0.1, -0.05) is 20.3 Å². The summed E-state index contributed by atoms with van der Waals surface area (Å²) in [6, 6.07) is 0. The molecule has 0 rings (SSSR count). The van der Waals surface area contributed by atoms with E-state index in [0.717, 1.165) is 0 Å². The molecule has 0 aliphatic heterocycles. The zero-order chi connectivity index (χ0) is 6.28. The molecule has 0 saturated heterocycles. The molecule has 0 aromatic carbocycles. The molecule has 0 aliphatic carbocycles. The van der Waals surface area contributed by atoms with Gasteiger partial charge in [0.1, 0.15) is 0 Å². The van der Waals surface area contributed by atoms with Gasteiger partial charge in [-0.15, -0.1) is 0 Å². The van der Waals surface area contributed by atoms with E-state index < -0.39 is 10.8 Å². The second kappa shape index (κ2) is 9.47. The van der Waals surface area contributed by atoms with E-state index in [9.17, 15) is 4.21 Å². The van der Waals surface area contributed by atoms with Crippen LogP contribution < -0.4 is 0 Å². The Hall–Kier alpha value is 0.150. The van der Waals surface area contributed by atoms with Gasteiger partial charge in [0.15, 0.2) is 0 Å². The Morgan fingerprint density at radius 2 is 1.29 bits per heavy atom. The van der Waals surface area contributed by atoms with E-state index >= 15 is 0 Å². The molecule has 0 spiro atoms. The van der Waals surface area contributed by atoms with Crippen LogP contribution in [0, 0.1) is 0 Å². The molecule has 0 heterocycles. The van der Waals surface area contributed by atoms with Gasteiger partial charge < -0.3 is 0 Å². The van der Waals surface area contributed by atoms with Gasteiger partial charge in [-0.2, -0.15) is 0 Å². The van der Waals surface area contributed by atoms with E-state index in [1.165, 1.54) is 6.42 Å². The average Bonchev–Trinajstić information content (AvgIpc) is 1.33. The van der Waals surface area contributed by atoms with Crippen molar-refractivity contribution >= 4 is 10.8 Å². The van der Waals surface area contributed by atoms with Crippen molar-refractivity contribution in [2.45, 2.75) is 20.3 Å². The van der Waals surface area contributed by atoms with E-state index in [4.69, 9.17) is 0 Å². The molecule has 46 valence electrons. The highest BCUT2D eigenvalue weighted by atomic mass is 32.2. The van der Waals surface area contributed by atoms with Crippen molar-refractivity contribution in [2.24, 2.45) is 0 Å². The summed E-state index contributed by atoms with van der Waals surface area (Å²) in [6.07, 6.45) is 4.53. The van der Waals surface area contributed by atoms with Crippen LogP contribution in [0.3, 0.4) is 0 Å². The van der Waals surface area contributed by atoms with Gasteiger partial charge in [0.25, 0.3) is 0 Å². The maximum atomic E-state index is 9.56. The molecule has 0 aromatic rings. The largest absolute Gasteiger partial charge is 0.260 e. The smallest absolute Gasteiger partial charge is 0.0148 e. The fraction of sp³-hybridized carbons (Fsp3) is 1.00. The van der Waals surface area contributed by atoms with Crippen LogP contribution in [0.2, 0.25) is 0 Å². The van der Waals surface area contributed by atoms with Crippen LogP contribution in [0.15, 0.2) is 0 Å². The van der Waals surface area contributed by atoms with Crippen molar-refractivity contribution in [3.63, 3.8) is 0 Å². The van der Waals surface area contributed by atoms with E-state index in [0.29, 0.717) is 0 Å². The van der Waals surface area contributed by atoms with Crippen LogP contribution in [-0.4, -0.2) is 16.7 Å². The van der Waals surface area contributed by atoms with Crippen molar-refractivity contribution in [3.05, 3.63) is 0 Å². The lowest BCUT2D eigenvalue weighted by atomic mass is 10.6. The Kier molecular flexibility index (Phi) is 13.8. The highest BCUT2D eigenvalue weighted by Gasteiger charge is 1.57. The molecule has 0 unspecified atom stereocenters. The normalized spacial score (nSPS) is 7.57. The second-order valence-electron chi connectivity index (χ2n) is 1.45. The molecular weight excluding hydrogens is 108 g/mol. The van der Waals surface area contributed by atoms with Gasteiger partial charge in [-0.3, -0.25) is 4.21 Å². The van der Waals surface area contributed by atoms with Crippen LogP contribution in [0.4, 0.5) is 0 Å². The fourth-order valence-electron chi connectivity index (χ4n) is 0. The topological polar surface area (TPSA) is 17.1 Å². The first-order valence-corrected chi connectivity index (χ1v) is 4.36. The molecule has 0 aromatic heterocycles. The zero-order valence-corrected chi connectivity index (χ0v) is 6.34. The standard InChI is InChI=1S/C3H8.C2H6OS/c1-3-2;1-4(2)3/h3H2,1-2H3;1-2H3. The molecule has 0 N–H and O–H groups in total. The summed E-state index contributed by atoms with van der Waals surface area (Å²) < 4.78 is 9.56. The lowest BCUT2D eigenvalue weighted by Crippen LogP contribution is -1.70. The SMILES string of the molecule is CCC.CS(C)=O. The Morgan fingerprint density at radius 1 is 1.29 bits per heavy atom. The van der Waals surface area contributed by atoms with Crippen molar-refractivity contribution in [2.75, 3.05) is 12.5 Å². The monoisotopic (exact) mass is 122 g/mol. The summed E-state index contributed by atoms with van der Waals surface area (Å²) >= 11 is 0. The molecule has 0 aliphatic rings. The quantitative estimate of drug-likeness (QED) is 0.475. The summed E-state index contributed by atoms with van der Waals surface area (Å²) in [5.74, 6) is 0. The highest BCUT2D eigenvalue weighted by Crippen LogP contribution is 1.56. The molecule has 2 heteroatoms. The van der Waals surface area contributed by atoms with Crippen LogP contribution >= 0.6 is 0 Å². The number of rotatable bonds is 0. The molecule has 1 nitrogen and oxygen atoms in total. The summed E-state index contributed by atoms with van der Waals surface area (Å²) in [6.45, 7) is 4.25. The molecule has 0 saturated carbocycles. The molecule has 0 radical (unpaired) electrons. The molecule has 0 atom stereocenters. The van der Waals surface area contributed by atoms with Crippen molar-refractivity contribution in [1.82, 2.24) is 0 Å². The fourth-order valence-corrected chi connectivity index (χ4v) is 0. The molecule has 0 amide bonds. The summed E-state index contributed by atoms with van der Waals surface area (Å²) in [5.41, 5.74) is 0. The first-order valence-electron chi connectivity index (χ1n) is 2.40. The minimum Gasteiger partial charge on any atom is -0.260 e. The Bertz CT molecular complexity index is 39.3. The van der Waals surface area contributed by atoms with Crippen molar-refractivity contribution in [3.8, 4) is 0 Å². The van der Waals surface area contributed by atoms with Gasteiger partial charge in [-0.25, -0.2) is 0 Å². The van der Waals surface area contributed by atoms with Crippen LogP contribution in [0.5, 0.6) is 0 Å². The third kappa shape index (κ3) is 4710. The maximum Gasteiger partial charge on any atom is 0.0148 e. The third-order valence-electron chi connectivity index (χ3n) is 0. The zero-order valence-electron chi connectivity index (χ0n) is 5.52. The second-order valence-corrected chi connectivity index (χ2v) is 2.93. The van der Waals surface area contributed by atoms with Crippen molar-refractivity contribution < 1.29 is 4.21 Å². The van der Waals surface area contributed by atoms with E-state index in [-0.39, 0.29) is 0 Å². The van der Waals surface area contributed by atoms with Gasteiger partial charge >= 0.3 is 0 Å². The van der Waals surface area contributed by atoms with Crippen LogP contribution in [-0.2, 0) is 10.8 Å². The minimum atomic E-state index is -0.611. The van der Waals surface area contributed by atoms with Gasteiger partial charge in [0, 0.05) is 23.3 Å². The molecule has 0 bridgehead atoms. The van der Waals surface area contributed by atoms with E-state index in [1.54, 1.807) is 12.5 Å². The highest BCUT2D eigenvalue weighted by molar-refractivity contribution is 7.83. The molecule has 0 fully saturated rings. The molecular formula is C5H14OS. The van der Waals surface area contributed by atoms with Gasteiger partial charge in [-0.05, 0) is 0 Å². The van der Waals surface area contributed by atoms with Crippen molar-refractivity contribution in [1.29, 1.82) is 0 Å². The summed E-state index contributed by atoms with van der Waals surface area (Å²) in [5, 5.41) is 0. The Labute approximate surface area is 48.6 Å². The van der Waals surface area contributed by atoms with Crippen LogP contribution in [0.25, 0.3) is 0 Å². The lowest BCUT2D eigenvalue weighted by molar-refractivity contribution is 0.690. The summed E-state index contributed by atoms with van der Waals surface area (Å²) in [7, 11) is -0.611. The predicted molar refractivity (Wildman–Crippen MR) is 36.0 cm³/mol. The van der Waals surface area contributed by atoms with E-state index in [1.807, 2.05) is 0 Å². The summed E-state index contributed by atoms with van der Waals surface area (Å²) in [4.78, 5) is 0. The number of hydrogen-bond acceptors (Lipinski definition) is 1. The van der Waals surface area contributed by atoms with Gasteiger partial charge in [0.2, 0.25) is 0 Å². The van der Waals surface area contributed by atoms with Crippen LogP contribution in [0.1, 0.15) is 20.3 Å². The number of hydrogen-bond donors (Lipinski definition) is 0. The van der Waals surface area contributed by atoms with Gasteiger partial charge in [0.05, 0.1) is 0 Å². The molecule has 7 heavy (non-hydrogen) atoms. The average molecular weight is 122 g/mol. The first kappa shape index (κ1) is 10.2. The lowest BCUT2D eigenvalue weighted by Gasteiger charge is -1.60. The Balaban J connectivity index is 0.